The van der Waals surface area contributed by atoms with Gasteiger partial charge in [-0.05, 0) is 49.1 Å². The standard InChI is InChI=1S/C21H18ClFN2O2/c22-15-7-5-14(6-8-15)9-12-24-20(26)21(10-11-21)19-13-18(27-25-19)16-3-1-2-4-17(16)23/h1-8,13H,9-12H2,(H,24,26). The summed E-state index contributed by atoms with van der Waals surface area (Å²) in [6.07, 6.45) is 2.14. The largest absolute Gasteiger partial charge is 0.356 e. The summed E-state index contributed by atoms with van der Waals surface area (Å²) >= 11 is 5.88. The molecule has 1 amide bonds. The fourth-order valence-corrected chi connectivity index (χ4v) is 3.28. The van der Waals surface area contributed by atoms with Gasteiger partial charge in [0.15, 0.2) is 5.76 Å². The molecule has 0 aliphatic heterocycles. The van der Waals surface area contributed by atoms with E-state index in [0.717, 1.165) is 12.0 Å². The van der Waals surface area contributed by atoms with Gasteiger partial charge in [-0.15, -0.1) is 0 Å². The van der Waals surface area contributed by atoms with Gasteiger partial charge in [-0.1, -0.05) is 41.0 Å². The molecule has 1 aliphatic carbocycles. The average Bonchev–Trinajstić information content (AvgIpc) is 3.34. The molecule has 1 N–H and O–H groups in total. The van der Waals surface area contributed by atoms with Gasteiger partial charge in [0.25, 0.3) is 0 Å². The second-order valence-corrected chi connectivity index (χ2v) is 7.21. The van der Waals surface area contributed by atoms with Crippen molar-refractivity contribution in [2.75, 3.05) is 6.54 Å². The molecule has 2 aromatic carbocycles. The first-order valence-electron chi connectivity index (χ1n) is 8.83. The predicted octanol–water partition coefficient (Wildman–Crippen LogP) is 4.52. The SMILES string of the molecule is O=C(NCCc1ccc(Cl)cc1)C1(c2cc(-c3ccccc3F)on2)CC1. The molecule has 3 aromatic rings. The Morgan fingerprint density at radius 3 is 2.63 bits per heavy atom. The molecule has 0 atom stereocenters. The van der Waals surface area contributed by atoms with Gasteiger partial charge in [0, 0.05) is 17.6 Å². The molecule has 27 heavy (non-hydrogen) atoms. The number of amides is 1. The van der Waals surface area contributed by atoms with Gasteiger partial charge in [-0.2, -0.15) is 0 Å². The van der Waals surface area contributed by atoms with Crippen molar-refractivity contribution in [2.24, 2.45) is 0 Å². The summed E-state index contributed by atoms with van der Waals surface area (Å²) in [7, 11) is 0. The zero-order valence-electron chi connectivity index (χ0n) is 14.5. The Balaban J connectivity index is 1.42. The van der Waals surface area contributed by atoms with Crippen molar-refractivity contribution in [3.63, 3.8) is 0 Å². The Morgan fingerprint density at radius 1 is 1.19 bits per heavy atom. The van der Waals surface area contributed by atoms with Gasteiger partial charge in [-0.3, -0.25) is 4.79 Å². The number of carbonyl (C=O) groups excluding carboxylic acids is 1. The second kappa shape index (κ2) is 7.16. The van der Waals surface area contributed by atoms with Crippen LogP contribution in [0.15, 0.2) is 59.1 Å². The molecular weight excluding hydrogens is 367 g/mol. The number of aromatic nitrogens is 1. The van der Waals surface area contributed by atoms with E-state index in [9.17, 15) is 9.18 Å². The molecule has 4 rings (SSSR count). The molecule has 0 spiro atoms. The first kappa shape index (κ1) is 17.7. The average molecular weight is 385 g/mol. The molecule has 1 aromatic heterocycles. The van der Waals surface area contributed by atoms with Crippen molar-refractivity contribution in [3.8, 4) is 11.3 Å². The number of hydrogen-bond acceptors (Lipinski definition) is 3. The molecular formula is C21H18ClFN2O2. The number of benzene rings is 2. The van der Waals surface area contributed by atoms with Crippen molar-refractivity contribution in [1.82, 2.24) is 10.5 Å². The Hall–Kier alpha value is -2.66. The van der Waals surface area contributed by atoms with Crippen molar-refractivity contribution < 1.29 is 13.7 Å². The van der Waals surface area contributed by atoms with Crippen LogP contribution in [0.5, 0.6) is 0 Å². The highest BCUT2D eigenvalue weighted by Gasteiger charge is 2.53. The van der Waals surface area contributed by atoms with E-state index in [0.29, 0.717) is 41.4 Å². The van der Waals surface area contributed by atoms with Gasteiger partial charge < -0.3 is 9.84 Å². The quantitative estimate of drug-likeness (QED) is 0.679. The summed E-state index contributed by atoms with van der Waals surface area (Å²) in [6, 6.07) is 15.6. The van der Waals surface area contributed by atoms with Gasteiger partial charge in [0.05, 0.1) is 16.7 Å². The maximum absolute atomic E-state index is 13.9. The highest BCUT2D eigenvalue weighted by molar-refractivity contribution is 6.30. The summed E-state index contributed by atoms with van der Waals surface area (Å²) < 4.78 is 19.2. The van der Waals surface area contributed by atoms with Crippen LogP contribution in [0, 0.1) is 5.82 Å². The monoisotopic (exact) mass is 384 g/mol. The molecule has 0 bridgehead atoms. The van der Waals surface area contributed by atoms with Crippen LogP contribution < -0.4 is 5.32 Å². The van der Waals surface area contributed by atoms with Crippen LogP contribution >= 0.6 is 11.6 Å². The normalized spacial score (nSPS) is 14.7. The van der Waals surface area contributed by atoms with E-state index in [1.807, 2.05) is 24.3 Å². The minimum atomic E-state index is -0.660. The van der Waals surface area contributed by atoms with Gasteiger partial charge in [-0.25, -0.2) is 4.39 Å². The summed E-state index contributed by atoms with van der Waals surface area (Å²) in [5.41, 5.74) is 1.35. The zero-order valence-corrected chi connectivity index (χ0v) is 15.3. The van der Waals surface area contributed by atoms with E-state index in [2.05, 4.69) is 10.5 Å². The third-order valence-electron chi connectivity index (χ3n) is 4.94. The lowest BCUT2D eigenvalue weighted by atomic mass is 10.00. The summed E-state index contributed by atoms with van der Waals surface area (Å²) in [5.74, 6) is -0.106. The molecule has 6 heteroatoms. The van der Waals surface area contributed by atoms with Crippen LogP contribution in [0.4, 0.5) is 4.39 Å². The predicted molar refractivity (Wildman–Crippen MR) is 101 cm³/mol. The minimum absolute atomic E-state index is 0.0650. The molecule has 1 heterocycles. The van der Waals surface area contributed by atoms with Gasteiger partial charge >= 0.3 is 0 Å². The highest BCUT2D eigenvalue weighted by Crippen LogP contribution is 2.48. The summed E-state index contributed by atoms with van der Waals surface area (Å²) in [6.45, 7) is 0.528. The Morgan fingerprint density at radius 2 is 1.93 bits per heavy atom. The van der Waals surface area contributed by atoms with Crippen molar-refractivity contribution in [3.05, 3.63) is 76.7 Å². The maximum Gasteiger partial charge on any atom is 0.232 e. The number of carbonyl (C=O) groups is 1. The van der Waals surface area contributed by atoms with E-state index in [-0.39, 0.29) is 11.7 Å². The second-order valence-electron chi connectivity index (χ2n) is 6.77. The maximum atomic E-state index is 13.9. The highest BCUT2D eigenvalue weighted by atomic mass is 35.5. The van der Waals surface area contributed by atoms with Crippen molar-refractivity contribution in [1.29, 1.82) is 0 Å². The van der Waals surface area contributed by atoms with E-state index >= 15 is 0 Å². The topological polar surface area (TPSA) is 55.1 Å². The molecule has 0 radical (unpaired) electrons. The Bertz CT molecular complexity index is 964. The summed E-state index contributed by atoms with van der Waals surface area (Å²) in [5, 5.41) is 7.72. The summed E-state index contributed by atoms with van der Waals surface area (Å²) in [4.78, 5) is 12.7. The molecule has 4 nitrogen and oxygen atoms in total. The van der Waals surface area contributed by atoms with Crippen LogP contribution in [-0.4, -0.2) is 17.6 Å². The molecule has 1 fully saturated rings. The number of nitrogens with one attached hydrogen (secondary N) is 1. The Kier molecular flexibility index (Phi) is 4.70. The van der Waals surface area contributed by atoms with Crippen LogP contribution in [-0.2, 0) is 16.6 Å². The van der Waals surface area contributed by atoms with E-state index in [4.69, 9.17) is 16.1 Å². The number of hydrogen-bond donors (Lipinski definition) is 1. The molecule has 0 unspecified atom stereocenters. The molecule has 1 saturated carbocycles. The lowest BCUT2D eigenvalue weighted by Crippen LogP contribution is -2.36. The minimum Gasteiger partial charge on any atom is -0.356 e. The van der Waals surface area contributed by atoms with Gasteiger partial charge in [0.1, 0.15) is 5.82 Å². The lowest BCUT2D eigenvalue weighted by molar-refractivity contribution is -0.123. The fraction of sp³-hybridized carbons (Fsp3) is 0.238. The van der Waals surface area contributed by atoms with Gasteiger partial charge in [0.2, 0.25) is 5.91 Å². The first-order chi connectivity index (χ1) is 13.1. The number of halogens is 2. The van der Waals surface area contributed by atoms with Crippen molar-refractivity contribution >= 4 is 17.5 Å². The van der Waals surface area contributed by atoms with Crippen LogP contribution in [0.3, 0.4) is 0 Å². The fourth-order valence-electron chi connectivity index (χ4n) is 3.15. The molecule has 138 valence electrons. The zero-order chi connectivity index (χ0) is 18.9. The molecule has 1 aliphatic rings. The van der Waals surface area contributed by atoms with Crippen LogP contribution in [0.2, 0.25) is 5.02 Å². The van der Waals surface area contributed by atoms with Crippen molar-refractivity contribution in [2.45, 2.75) is 24.7 Å². The third kappa shape index (κ3) is 3.60. The van der Waals surface area contributed by atoms with E-state index in [1.54, 1.807) is 24.3 Å². The van der Waals surface area contributed by atoms with Crippen LogP contribution in [0.25, 0.3) is 11.3 Å². The smallest absolute Gasteiger partial charge is 0.232 e. The first-order valence-corrected chi connectivity index (χ1v) is 9.21. The lowest BCUT2D eigenvalue weighted by Gasteiger charge is -2.12. The number of rotatable bonds is 6. The van der Waals surface area contributed by atoms with Crippen LogP contribution in [0.1, 0.15) is 24.1 Å². The number of nitrogens with zero attached hydrogens (tertiary/aromatic N) is 1. The third-order valence-corrected chi connectivity index (χ3v) is 5.19. The van der Waals surface area contributed by atoms with E-state index < -0.39 is 5.41 Å². The van der Waals surface area contributed by atoms with E-state index in [1.165, 1.54) is 6.07 Å². The molecule has 0 saturated heterocycles. The Labute approximate surface area is 161 Å².